The van der Waals surface area contributed by atoms with Gasteiger partial charge in [-0.15, -0.1) is 0 Å². The van der Waals surface area contributed by atoms with Crippen LogP contribution >= 0.6 is 0 Å². The third kappa shape index (κ3) is 8.43. The lowest BCUT2D eigenvalue weighted by Gasteiger charge is -2.43. The second kappa shape index (κ2) is 13.4. The van der Waals surface area contributed by atoms with Gasteiger partial charge in [0.15, 0.2) is 0 Å². The summed E-state index contributed by atoms with van der Waals surface area (Å²) in [5.41, 5.74) is -0.653. The number of nitrogens with one attached hydrogen (secondary N) is 1. The van der Waals surface area contributed by atoms with Crippen LogP contribution in [0.25, 0.3) is 0 Å². The molecule has 7 heteroatoms. The van der Waals surface area contributed by atoms with Gasteiger partial charge in [0.1, 0.15) is 5.60 Å². The van der Waals surface area contributed by atoms with Gasteiger partial charge in [0.05, 0.1) is 12.0 Å². The Morgan fingerprint density at radius 1 is 0.868 bits per heavy atom. The lowest BCUT2D eigenvalue weighted by Crippen LogP contribution is -2.66. The van der Waals surface area contributed by atoms with Crippen molar-refractivity contribution < 1.29 is 23.5 Å². The lowest BCUT2D eigenvalue weighted by atomic mass is 9.94. The van der Waals surface area contributed by atoms with E-state index in [1.807, 2.05) is 53.7 Å². The molecule has 0 radical (unpaired) electrons. The van der Waals surface area contributed by atoms with E-state index >= 15 is 0 Å². The molecule has 2 rings (SSSR count). The Kier molecular flexibility index (Phi) is 11.2. The van der Waals surface area contributed by atoms with Gasteiger partial charge < -0.3 is 19.2 Å². The van der Waals surface area contributed by atoms with Crippen LogP contribution in [-0.4, -0.2) is 44.7 Å². The number of carbonyl (C=O) groups excluding carboxylic acids is 2. The van der Waals surface area contributed by atoms with Gasteiger partial charge in [0.2, 0.25) is 0 Å². The predicted octanol–water partition coefficient (Wildman–Crippen LogP) is 5.82. The molecule has 0 aliphatic rings. The van der Waals surface area contributed by atoms with E-state index in [-0.39, 0.29) is 17.1 Å². The maximum Gasteiger partial charge on any atom is 0.407 e. The topological polar surface area (TPSA) is 73.9 Å². The summed E-state index contributed by atoms with van der Waals surface area (Å²) in [4.78, 5) is 25.8. The van der Waals surface area contributed by atoms with E-state index in [1.165, 1.54) is 10.4 Å². The van der Waals surface area contributed by atoms with Crippen molar-refractivity contribution in [1.29, 1.82) is 0 Å². The number of amides is 1. The van der Waals surface area contributed by atoms with Gasteiger partial charge in [-0.2, -0.15) is 0 Å². The Hall–Kier alpha value is -2.64. The Morgan fingerprint density at radius 2 is 1.37 bits per heavy atom. The summed E-state index contributed by atoms with van der Waals surface area (Å²) in [6.45, 7) is 18.1. The van der Waals surface area contributed by atoms with Gasteiger partial charge in [-0.3, -0.25) is 4.79 Å². The summed E-state index contributed by atoms with van der Waals surface area (Å²) >= 11 is 0. The number of ether oxygens (including phenoxy) is 2. The van der Waals surface area contributed by atoms with Crippen molar-refractivity contribution >= 4 is 30.8 Å². The van der Waals surface area contributed by atoms with Gasteiger partial charge in [-0.25, -0.2) is 4.79 Å². The Balaban J connectivity index is 2.42. The standard InChI is InChI=1S/C31H47NO5Si/c1-10-26(28(33)36-23(2)3)27(32-29(34)37-30(4,5)6)21-22-35-38(31(7,8)9,24-17-13-11-14-18-24)25-19-15-12-16-20-25/h11-20,23,26-27H,10,21-22H2,1-9H3,(H,32,34)/t26-,27-/m0/s1. The fraction of sp³-hybridized carbons (Fsp3) is 0.548. The smallest absolute Gasteiger partial charge is 0.407 e. The number of benzene rings is 2. The molecule has 6 nitrogen and oxygen atoms in total. The number of esters is 1. The molecule has 0 aliphatic carbocycles. The fourth-order valence-electron chi connectivity index (χ4n) is 4.87. The zero-order chi connectivity index (χ0) is 28.6. The van der Waals surface area contributed by atoms with Crippen LogP contribution in [0.3, 0.4) is 0 Å². The molecule has 1 N–H and O–H groups in total. The Labute approximate surface area is 230 Å². The largest absolute Gasteiger partial charge is 0.463 e. The van der Waals surface area contributed by atoms with E-state index in [4.69, 9.17) is 13.9 Å². The average Bonchev–Trinajstić information content (AvgIpc) is 2.80. The highest BCUT2D eigenvalue weighted by atomic mass is 28.4. The van der Waals surface area contributed by atoms with Crippen molar-refractivity contribution in [3.8, 4) is 0 Å². The Bertz CT molecular complexity index is 973. The summed E-state index contributed by atoms with van der Waals surface area (Å²) in [6.07, 6.45) is 0.163. The molecule has 0 spiro atoms. The number of hydrogen-bond donors (Lipinski definition) is 1. The SMILES string of the molecule is CC[C@H](C(=O)OC(C)C)[C@H](CCO[Si](c1ccccc1)(c1ccccc1)C(C)(C)C)NC(=O)OC(C)(C)C. The summed E-state index contributed by atoms with van der Waals surface area (Å²) < 4.78 is 18.1. The van der Waals surface area contributed by atoms with Crippen LogP contribution in [0.1, 0.15) is 75.2 Å². The van der Waals surface area contributed by atoms with Crippen LogP contribution in [0.5, 0.6) is 0 Å². The van der Waals surface area contributed by atoms with Gasteiger partial charge in [0, 0.05) is 12.6 Å². The highest BCUT2D eigenvalue weighted by Gasteiger charge is 2.50. The molecule has 2 aromatic carbocycles. The molecule has 2 atom stereocenters. The van der Waals surface area contributed by atoms with Crippen LogP contribution < -0.4 is 15.7 Å². The van der Waals surface area contributed by atoms with E-state index in [0.29, 0.717) is 19.4 Å². The van der Waals surface area contributed by atoms with E-state index in [2.05, 4.69) is 74.6 Å². The molecule has 0 unspecified atom stereocenters. The van der Waals surface area contributed by atoms with Crippen LogP contribution in [0.15, 0.2) is 60.7 Å². The minimum Gasteiger partial charge on any atom is -0.463 e. The molecule has 1 amide bonds. The van der Waals surface area contributed by atoms with E-state index in [1.54, 1.807) is 0 Å². The van der Waals surface area contributed by atoms with Gasteiger partial charge in [-0.1, -0.05) is 88.4 Å². The quantitative estimate of drug-likeness (QED) is 0.286. The maximum atomic E-state index is 13.0. The summed E-state index contributed by atoms with van der Waals surface area (Å²) in [5, 5.41) is 5.14. The summed E-state index contributed by atoms with van der Waals surface area (Å²) in [5.74, 6) is -0.846. The highest BCUT2D eigenvalue weighted by Crippen LogP contribution is 2.37. The highest BCUT2D eigenvalue weighted by molar-refractivity contribution is 6.99. The van der Waals surface area contributed by atoms with Gasteiger partial charge >= 0.3 is 12.1 Å². The van der Waals surface area contributed by atoms with Crippen LogP contribution in [0, 0.1) is 5.92 Å². The van der Waals surface area contributed by atoms with E-state index in [0.717, 1.165) is 0 Å². The van der Waals surface area contributed by atoms with Crippen LogP contribution in [0.2, 0.25) is 5.04 Å². The molecule has 0 aliphatic heterocycles. The maximum absolute atomic E-state index is 13.0. The van der Waals surface area contributed by atoms with Crippen molar-refractivity contribution in [1.82, 2.24) is 5.32 Å². The molecular weight excluding hydrogens is 494 g/mol. The van der Waals surface area contributed by atoms with E-state index < -0.39 is 32.0 Å². The van der Waals surface area contributed by atoms with Crippen molar-refractivity contribution in [3.63, 3.8) is 0 Å². The predicted molar refractivity (Wildman–Crippen MR) is 156 cm³/mol. The first-order valence-corrected chi connectivity index (χ1v) is 15.6. The first-order chi connectivity index (χ1) is 17.7. The van der Waals surface area contributed by atoms with Crippen molar-refractivity contribution in [2.75, 3.05) is 6.61 Å². The van der Waals surface area contributed by atoms with Crippen molar-refractivity contribution in [3.05, 3.63) is 60.7 Å². The Morgan fingerprint density at radius 3 is 1.76 bits per heavy atom. The minimum atomic E-state index is -2.75. The van der Waals surface area contributed by atoms with E-state index in [9.17, 15) is 9.59 Å². The number of rotatable bonds is 11. The summed E-state index contributed by atoms with van der Waals surface area (Å²) in [7, 11) is -2.75. The molecule has 0 heterocycles. The normalized spacial score (nSPS) is 14.1. The average molecular weight is 542 g/mol. The zero-order valence-electron chi connectivity index (χ0n) is 24.7. The molecule has 0 saturated heterocycles. The fourth-order valence-corrected chi connectivity index (χ4v) is 9.45. The lowest BCUT2D eigenvalue weighted by molar-refractivity contribution is -0.153. The van der Waals surface area contributed by atoms with Crippen molar-refractivity contribution in [2.45, 2.75) is 97.9 Å². The molecule has 0 fully saturated rings. The molecule has 0 bridgehead atoms. The first kappa shape index (κ1) is 31.6. The molecule has 0 saturated carbocycles. The monoisotopic (exact) mass is 541 g/mol. The summed E-state index contributed by atoms with van der Waals surface area (Å²) in [6, 6.07) is 20.3. The molecular formula is C31H47NO5Si. The van der Waals surface area contributed by atoms with Crippen LogP contribution in [-0.2, 0) is 18.7 Å². The molecule has 210 valence electrons. The first-order valence-electron chi connectivity index (χ1n) is 13.7. The number of hydrogen-bond acceptors (Lipinski definition) is 5. The zero-order valence-corrected chi connectivity index (χ0v) is 25.7. The third-order valence-electron chi connectivity index (χ3n) is 6.45. The van der Waals surface area contributed by atoms with Crippen LogP contribution in [0.4, 0.5) is 4.79 Å². The molecule has 38 heavy (non-hydrogen) atoms. The second-order valence-corrected chi connectivity index (χ2v) is 16.4. The number of alkyl carbamates (subject to hydrolysis) is 1. The van der Waals surface area contributed by atoms with Crippen molar-refractivity contribution in [2.24, 2.45) is 5.92 Å². The second-order valence-electron chi connectivity index (χ2n) is 12.1. The molecule has 2 aromatic rings. The molecule has 0 aromatic heterocycles. The third-order valence-corrected chi connectivity index (χ3v) is 11.5. The van der Waals surface area contributed by atoms with Gasteiger partial charge in [0.25, 0.3) is 8.32 Å². The number of carbonyl (C=O) groups is 2. The van der Waals surface area contributed by atoms with Gasteiger partial charge in [-0.05, 0) is 62.9 Å². The minimum absolute atomic E-state index is 0.176.